The zero-order valence-electron chi connectivity index (χ0n) is 13.3. The molecule has 0 aliphatic heterocycles. The van der Waals surface area contributed by atoms with Gasteiger partial charge in [-0.1, -0.05) is 38.1 Å². The Hall–Kier alpha value is -1.19. The van der Waals surface area contributed by atoms with Crippen LogP contribution in [0.3, 0.4) is 0 Å². The average Bonchev–Trinajstić information content (AvgIpc) is 2.97. The second kappa shape index (κ2) is 5.22. The molecule has 1 aromatic heterocycles. The maximum absolute atomic E-state index is 4.67. The van der Waals surface area contributed by atoms with Crippen LogP contribution in [0.4, 0.5) is 0 Å². The summed E-state index contributed by atoms with van der Waals surface area (Å²) >= 11 is 1.76. The van der Waals surface area contributed by atoms with Gasteiger partial charge in [0.05, 0.1) is 5.54 Å². The summed E-state index contributed by atoms with van der Waals surface area (Å²) in [6, 6.07) is 9.31. The van der Waals surface area contributed by atoms with Crippen LogP contribution in [0, 0.1) is 0 Å². The van der Waals surface area contributed by atoms with Crippen LogP contribution in [-0.4, -0.2) is 11.0 Å². The Kier molecular flexibility index (Phi) is 3.66. The van der Waals surface area contributed by atoms with E-state index in [1.807, 2.05) is 6.20 Å². The molecule has 1 unspecified atom stereocenters. The second-order valence-electron chi connectivity index (χ2n) is 6.97. The van der Waals surface area contributed by atoms with Crippen molar-refractivity contribution in [2.75, 3.05) is 0 Å². The van der Waals surface area contributed by atoms with Crippen LogP contribution >= 0.6 is 11.3 Å². The maximum Gasteiger partial charge on any atom is 0.117 e. The molecule has 0 saturated carbocycles. The van der Waals surface area contributed by atoms with Crippen LogP contribution in [0.2, 0.25) is 0 Å². The molecule has 21 heavy (non-hydrogen) atoms. The zero-order chi connectivity index (χ0) is 15.1. The number of nitrogens with zero attached hydrogens (tertiary/aromatic N) is 1. The lowest BCUT2D eigenvalue weighted by Crippen LogP contribution is -2.51. The fraction of sp³-hybridized carbons (Fsp3) is 0.500. The van der Waals surface area contributed by atoms with Crippen LogP contribution in [-0.2, 0) is 11.0 Å². The van der Waals surface area contributed by atoms with E-state index in [-0.39, 0.29) is 11.0 Å². The Bertz CT molecular complexity index is 616. The van der Waals surface area contributed by atoms with E-state index in [9.17, 15) is 0 Å². The fourth-order valence-corrected chi connectivity index (χ4v) is 4.42. The summed E-state index contributed by atoms with van der Waals surface area (Å²) in [6.07, 6.45) is 4.19. The van der Waals surface area contributed by atoms with E-state index in [1.165, 1.54) is 22.6 Å². The minimum Gasteiger partial charge on any atom is -0.299 e. The van der Waals surface area contributed by atoms with Gasteiger partial charge >= 0.3 is 0 Å². The largest absolute Gasteiger partial charge is 0.299 e. The summed E-state index contributed by atoms with van der Waals surface area (Å²) in [5.41, 5.74) is 2.97. The lowest BCUT2D eigenvalue weighted by Gasteiger charge is -2.45. The smallest absolute Gasteiger partial charge is 0.117 e. The Morgan fingerprint density at radius 2 is 1.86 bits per heavy atom. The summed E-state index contributed by atoms with van der Waals surface area (Å²) < 4.78 is 0. The molecule has 0 spiro atoms. The molecule has 1 heterocycles. The lowest BCUT2D eigenvalue weighted by molar-refractivity contribution is 0.267. The molecule has 0 bridgehead atoms. The first-order valence-corrected chi connectivity index (χ1v) is 8.61. The first kappa shape index (κ1) is 14.7. The molecule has 112 valence electrons. The highest BCUT2D eigenvalue weighted by Gasteiger charge is 2.45. The first-order valence-electron chi connectivity index (χ1n) is 7.73. The third-order valence-corrected chi connectivity index (χ3v) is 5.51. The maximum atomic E-state index is 4.67. The van der Waals surface area contributed by atoms with Gasteiger partial charge in [0.1, 0.15) is 5.01 Å². The highest BCUT2D eigenvalue weighted by atomic mass is 32.1. The number of hydrogen-bond donors (Lipinski definition) is 1. The Balaban J connectivity index is 2.22. The van der Waals surface area contributed by atoms with E-state index in [4.69, 9.17) is 0 Å². The first-order chi connectivity index (χ1) is 9.96. The van der Waals surface area contributed by atoms with E-state index >= 15 is 0 Å². The molecular formula is C18H24N2S. The molecule has 2 nitrogen and oxygen atoms in total. The molecule has 1 aliphatic rings. The molecule has 0 amide bonds. The molecule has 0 radical (unpaired) electrons. The lowest BCUT2D eigenvalue weighted by atomic mass is 9.65. The molecular weight excluding hydrogens is 276 g/mol. The normalized spacial score (nSPS) is 24.0. The van der Waals surface area contributed by atoms with E-state index in [2.05, 4.69) is 67.6 Å². The molecule has 1 aliphatic carbocycles. The number of aromatic nitrogens is 1. The van der Waals surface area contributed by atoms with Crippen LogP contribution in [0.25, 0.3) is 0 Å². The number of benzene rings is 1. The van der Waals surface area contributed by atoms with Crippen molar-refractivity contribution in [1.82, 2.24) is 10.3 Å². The van der Waals surface area contributed by atoms with Gasteiger partial charge in [-0.3, -0.25) is 5.32 Å². The van der Waals surface area contributed by atoms with E-state index in [0.29, 0.717) is 6.04 Å². The van der Waals surface area contributed by atoms with Crippen molar-refractivity contribution < 1.29 is 0 Å². The van der Waals surface area contributed by atoms with E-state index < -0.39 is 0 Å². The highest BCUT2D eigenvalue weighted by Crippen LogP contribution is 2.48. The number of fused-ring (bicyclic) bond motifs is 1. The minimum absolute atomic E-state index is 0.131. The van der Waals surface area contributed by atoms with Crippen molar-refractivity contribution in [3.8, 4) is 0 Å². The van der Waals surface area contributed by atoms with E-state index in [1.54, 1.807) is 11.3 Å². The van der Waals surface area contributed by atoms with Gasteiger partial charge in [-0.2, -0.15) is 0 Å². The number of nitrogens with one attached hydrogen (secondary N) is 1. The number of hydrogen-bond acceptors (Lipinski definition) is 3. The van der Waals surface area contributed by atoms with Crippen LogP contribution < -0.4 is 5.32 Å². The predicted octanol–water partition coefficient (Wildman–Crippen LogP) is 4.46. The molecule has 1 N–H and O–H groups in total. The van der Waals surface area contributed by atoms with Crippen molar-refractivity contribution in [2.24, 2.45) is 0 Å². The molecule has 0 fully saturated rings. The number of rotatable bonds is 3. The van der Waals surface area contributed by atoms with E-state index in [0.717, 1.165) is 6.42 Å². The van der Waals surface area contributed by atoms with Crippen LogP contribution in [0.1, 0.15) is 56.7 Å². The van der Waals surface area contributed by atoms with Crippen molar-refractivity contribution in [3.05, 3.63) is 52.0 Å². The Morgan fingerprint density at radius 1 is 1.14 bits per heavy atom. The summed E-state index contributed by atoms with van der Waals surface area (Å²) in [4.78, 5) is 4.67. The van der Waals surface area contributed by atoms with Gasteiger partial charge in [-0.15, -0.1) is 11.3 Å². The molecule has 1 atom stereocenters. The molecule has 0 saturated heterocycles. The van der Waals surface area contributed by atoms with Crippen molar-refractivity contribution in [3.63, 3.8) is 0 Å². The van der Waals surface area contributed by atoms with Gasteiger partial charge in [0, 0.05) is 17.6 Å². The SMILES string of the molecule is CC(C)NC1(c2nccs2)CCC(C)(C)c2ccccc21. The topological polar surface area (TPSA) is 24.9 Å². The quantitative estimate of drug-likeness (QED) is 0.905. The van der Waals surface area contributed by atoms with Crippen LogP contribution in [0.5, 0.6) is 0 Å². The van der Waals surface area contributed by atoms with Crippen molar-refractivity contribution >= 4 is 11.3 Å². The zero-order valence-corrected chi connectivity index (χ0v) is 14.1. The van der Waals surface area contributed by atoms with Gasteiger partial charge in [0.2, 0.25) is 0 Å². The molecule has 3 heteroatoms. The summed E-state index contributed by atoms with van der Waals surface area (Å²) in [5.74, 6) is 0. The fourth-order valence-electron chi connectivity index (χ4n) is 3.58. The summed E-state index contributed by atoms with van der Waals surface area (Å²) in [5, 5.41) is 7.12. The summed E-state index contributed by atoms with van der Waals surface area (Å²) in [6.45, 7) is 9.15. The third kappa shape index (κ3) is 2.43. The van der Waals surface area contributed by atoms with Crippen LogP contribution in [0.15, 0.2) is 35.8 Å². The van der Waals surface area contributed by atoms with Gasteiger partial charge in [-0.05, 0) is 43.2 Å². The van der Waals surface area contributed by atoms with Gasteiger partial charge < -0.3 is 0 Å². The van der Waals surface area contributed by atoms with Gasteiger partial charge in [0.15, 0.2) is 0 Å². The van der Waals surface area contributed by atoms with Gasteiger partial charge in [-0.25, -0.2) is 4.98 Å². The second-order valence-corrected chi connectivity index (χ2v) is 7.87. The van der Waals surface area contributed by atoms with Crippen molar-refractivity contribution in [1.29, 1.82) is 0 Å². The number of thiazole rings is 1. The van der Waals surface area contributed by atoms with Gasteiger partial charge in [0.25, 0.3) is 0 Å². The Labute approximate surface area is 131 Å². The average molecular weight is 300 g/mol. The molecule has 2 aromatic rings. The van der Waals surface area contributed by atoms with Crippen molar-refractivity contribution in [2.45, 2.75) is 57.5 Å². The Morgan fingerprint density at radius 3 is 2.48 bits per heavy atom. The predicted molar refractivity (Wildman–Crippen MR) is 89.9 cm³/mol. The minimum atomic E-state index is -0.131. The standard InChI is InChI=1S/C18H24N2S/c1-13(2)20-18(16-19-11-12-21-16)10-9-17(3,4)14-7-5-6-8-15(14)18/h5-8,11-13,20H,9-10H2,1-4H3. The molecule has 3 rings (SSSR count). The highest BCUT2D eigenvalue weighted by molar-refractivity contribution is 7.09. The monoisotopic (exact) mass is 300 g/mol. The third-order valence-electron chi connectivity index (χ3n) is 4.57. The molecule has 1 aromatic carbocycles. The summed E-state index contributed by atoms with van der Waals surface area (Å²) in [7, 11) is 0.